The predicted molar refractivity (Wildman–Crippen MR) is 102 cm³/mol. The van der Waals surface area contributed by atoms with E-state index in [1.165, 1.54) is 17.4 Å². The van der Waals surface area contributed by atoms with Crippen LogP contribution in [0.15, 0.2) is 36.4 Å². The fraction of sp³-hybridized carbons (Fsp3) is 0.118. The topological polar surface area (TPSA) is 71.1 Å². The zero-order chi connectivity index (χ0) is 18.7. The van der Waals surface area contributed by atoms with Gasteiger partial charge in [0.15, 0.2) is 5.13 Å². The highest BCUT2D eigenvalue weighted by Gasteiger charge is 2.12. The van der Waals surface area contributed by atoms with Gasteiger partial charge in [-0.2, -0.15) is 0 Å². The van der Waals surface area contributed by atoms with Gasteiger partial charge in [-0.15, -0.1) is 0 Å². The molecule has 5 nitrogen and oxygen atoms in total. The van der Waals surface area contributed by atoms with Gasteiger partial charge in [-0.05, 0) is 36.4 Å². The molecule has 0 saturated heterocycles. The van der Waals surface area contributed by atoms with Gasteiger partial charge in [0.1, 0.15) is 5.82 Å². The van der Waals surface area contributed by atoms with Crippen molar-refractivity contribution in [3.63, 3.8) is 0 Å². The van der Waals surface area contributed by atoms with Gasteiger partial charge < -0.3 is 10.6 Å². The molecule has 9 heteroatoms. The van der Waals surface area contributed by atoms with E-state index >= 15 is 0 Å². The zero-order valence-electron chi connectivity index (χ0n) is 13.2. The Bertz CT molecular complexity index is 993. The molecular weight excluding hydrogens is 400 g/mol. The number of fused-ring (bicyclic) bond motifs is 1. The number of rotatable bonds is 5. The van der Waals surface area contributed by atoms with Crippen LogP contribution in [-0.4, -0.2) is 23.3 Å². The number of amides is 2. The number of hydrogen-bond acceptors (Lipinski definition) is 4. The molecule has 0 aliphatic heterocycles. The molecule has 0 saturated carbocycles. The lowest BCUT2D eigenvalue weighted by molar-refractivity contribution is -0.116. The maximum absolute atomic E-state index is 13.0. The van der Waals surface area contributed by atoms with Crippen LogP contribution < -0.4 is 10.6 Å². The molecule has 0 bridgehead atoms. The Morgan fingerprint density at radius 2 is 1.96 bits per heavy atom. The molecule has 2 aromatic carbocycles. The average molecular weight is 412 g/mol. The van der Waals surface area contributed by atoms with E-state index in [0.717, 1.165) is 22.3 Å². The molecule has 3 rings (SSSR count). The molecule has 134 valence electrons. The molecular formula is C17H12Cl2FN3O2S. The van der Waals surface area contributed by atoms with Crippen molar-refractivity contribution < 1.29 is 14.0 Å². The maximum atomic E-state index is 13.0. The van der Waals surface area contributed by atoms with Gasteiger partial charge in [0, 0.05) is 18.0 Å². The quantitative estimate of drug-likeness (QED) is 0.648. The second-order valence-electron chi connectivity index (χ2n) is 5.31. The number of benzene rings is 2. The molecule has 0 fully saturated rings. The number of carbonyl (C=O) groups excluding carboxylic acids is 2. The third-order valence-corrected chi connectivity index (χ3v) is 4.89. The van der Waals surface area contributed by atoms with Crippen LogP contribution in [0.4, 0.5) is 9.52 Å². The summed E-state index contributed by atoms with van der Waals surface area (Å²) >= 11 is 13.1. The standard InChI is InChI=1S/C17H12Cl2FN3O2S/c18-9-1-4-13-14(7-9)26-17(22-13)23-15(24)5-6-21-16(25)11-3-2-10(20)8-12(11)19/h1-4,7-8H,5-6H2,(H,21,25)(H,22,23,24). The molecule has 0 aliphatic rings. The Morgan fingerprint density at radius 1 is 1.15 bits per heavy atom. The molecule has 0 aliphatic carbocycles. The molecule has 3 aromatic rings. The van der Waals surface area contributed by atoms with E-state index in [0.29, 0.717) is 10.2 Å². The fourth-order valence-corrected chi connectivity index (χ4v) is 3.60. The molecule has 1 aromatic heterocycles. The Kier molecular flexibility index (Phi) is 5.70. The van der Waals surface area contributed by atoms with Gasteiger partial charge in [0.05, 0.1) is 20.8 Å². The lowest BCUT2D eigenvalue weighted by Gasteiger charge is -2.06. The summed E-state index contributed by atoms with van der Waals surface area (Å²) in [6, 6.07) is 8.77. The van der Waals surface area contributed by atoms with E-state index in [9.17, 15) is 14.0 Å². The van der Waals surface area contributed by atoms with Gasteiger partial charge in [-0.1, -0.05) is 34.5 Å². The zero-order valence-corrected chi connectivity index (χ0v) is 15.5. The number of carbonyl (C=O) groups is 2. The van der Waals surface area contributed by atoms with Gasteiger partial charge in [-0.25, -0.2) is 9.37 Å². The van der Waals surface area contributed by atoms with Crippen molar-refractivity contribution in [3.05, 3.63) is 57.8 Å². The molecule has 1 heterocycles. The van der Waals surface area contributed by atoms with Crippen LogP contribution in [-0.2, 0) is 4.79 Å². The first kappa shape index (κ1) is 18.6. The minimum atomic E-state index is -0.525. The Hall–Kier alpha value is -2.22. The lowest BCUT2D eigenvalue weighted by Crippen LogP contribution is -2.27. The molecule has 2 amide bonds. The van der Waals surface area contributed by atoms with E-state index < -0.39 is 11.7 Å². The maximum Gasteiger partial charge on any atom is 0.252 e. The second-order valence-corrected chi connectivity index (χ2v) is 7.18. The van der Waals surface area contributed by atoms with E-state index in [2.05, 4.69) is 15.6 Å². The van der Waals surface area contributed by atoms with Crippen molar-refractivity contribution in [2.45, 2.75) is 6.42 Å². The second kappa shape index (κ2) is 7.99. The van der Waals surface area contributed by atoms with Gasteiger partial charge in [0.25, 0.3) is 5.91 Å². The molecule has 2 N–H and O–H groups in total. The van der Waals surface area contributed by atoms with Crippen LogP contribution in [0.5, 0.6) is 0 Å². The molecule has 0 radical (unpaired) electrons. The normalized spacial score (nSPS) is 10.7. The number of thiazole rings is 1. The van der Waals surface area contributed by atoms with Crippen molar-refractivity contribution in [2.24, 2.45) is 0 Å². The highest BCUT2D eigenvalue weighted by Crippen LogP contribution is 2.28. The SMILES string of the molecule is O=C(CCNC(=O)c1ccc(F)cc1Cl)Nc1nc2ccc(Cl)cc2s1. The summed E-state index contributed by atoms with van der Waals surface area (Å²) in [5, 5.41) is 6.32. The number of nitrogens with one attached hydrogen (secondary N) is 2. The van der Waals surface area contributed by atoms with Gasteiger partial charge in [0.2, 0.25) is 5.91 Å². The number of nitrogens with zero attached hydrogens (tertiary/aromatic N) is 1. The minimum absolute atomic E-state index is 0.0140. The highest BCUT2D eigenvalue weighted by molar-refractivity contribution is 7.22. The monoisotopic (exact) mass is 411 g/mol. The summed E-state index contributed by atoms with van der Waals surface area (Å²) in [5.41, 5.74) is 0.894. The summed E-state index contributed by atoms with van der Waals surface area (Å²) in [6.45, 7) is 0.106. The summed E-state index contributed by atoms with van der Waals surface area (Å²) in [7, 11) is 0. The first-order valence-corrected chi connectivity index (χ1v) is 9.09. The summed E-state index contributed by atoms with van der Waals surface area (Å²) in [5.74, 6) is -1.29. The van der Waals surface area contributed by atoms with Crippen LogP contribution in [0.25, 0.3) is 10.2 Å². The Labute approximate surface area is 162 Å². The van der Waals surface area contributed by atoms with E-state index in [-0.39, 0.29) is 29.5 Å². The number of anilines is 1. The van der Waals surface area contributed by atoms with Crippen LogP contribution in [0.2, 0.25) is 10.0 Å². The van der Waals surface area contributed by atoms with Crippen LogP contribution in [0.1, 0.15) is 16.8 Å². The lowest BCUT2D eigenvalue weighted by atomic mass is 10.2. The minimum Gasteiger partial charge on any atom is -0.351 e. The van der Waals surface area contributed by atoms with Crippen molar-refractivity contribution in [3.8, 4) is 0 Å². The predicted octanol–water partition coefficient (Wildman–Crippen LogP) is 4.50. The fourth-order valence-electron chi connectivity index (χ4n) is 2.19. The van der Waals surface area contributed by atoms with Crippen molar-refractivity contribution >= 4 is 61.7 Å². The van der Waals surface area contributed by atoms with E-state index in [1.807, 2.05) is 0 Å². The first-order valence-electron chi connectivity index (χ1n) is 7.51. The highest BCUT2D eigenvalue weighted by atomic mass is 35.5. The van der Waals surface area contributed by atoms with Crippen LogP contribution in [0.3, 0.4) is 0 Å². The molecule has 0 unspecified atom stereocenters. The number of halogens is 3. The summed E-state index contributed by atoms with van der Waals surface area (Å²) < 4.78 is 13.9. The summed E-state index contributed by atoms with van der Waals surface area (Å²) in [6.07, 6.45) is 0.0568. The largest absolute Gasteiger partial charge is 0.351 e. The van der Waals surface area contributed by atoms with Crippen molar-refractivity contribution in [1.29, 1.82) is 0 Å². The number of aromatic nitrogens is 1. The van der Waals surface area contributed by atoms with Gasteiger partial charge in [-0.3, -0.25) is 9.59 Å². The third-order valence-electron chi connectivity index (χ3n) is 3.41. The molecule has 26 heavy (non-hydrogen) atoms. The Morgan fingerprint density at radius 3 is 2.73 bits per heavy atom. The third kappa shape index (κ3) is 4.49. The van der Waals surface area contributed by atoms with Crippen LogP contribution >= 0.6 is 34.5 Å². The van der Waals surface area contributed by atoms with Crippen LogP contribution in [0, 0.1) is 5.82 Å². The molecule has 0 spiro atoms. The van der Waals surface area contributed by atoms with Crippen molar-refractivity contribution in [2.75, 3.05) is 11.9 Å². The van der Waals surface area contributed by atoms with Crippen molar-refractivity contribution in [1.82, 2.24) is 10.3 Å². The summed E-state index contributed by atoms with van der Waals surface area (Å²) in [4.78, 5) is 28.3. The number of hydrogen-bond donors (Lipinski definition) is 2. The smallest absolute Gasteiger partial charge is 0.252 e. The average Bonchev–Trinajstić information content (AvgIpc) is 2.95. The van der Waals surface area contributed by atoms with Gasteiger partial charge >= 0.3 is 0 Å². The molecule has 0 atom stereocenters. The first-order chi connectivity index (χ1) is 12.4. The van der Waals surface area contributed by atoms with E-state index in [4.69, 9.17) is 23.2 Å². The van der Waals surface area contributed by atoms with E-state index in [1.54, 1.807) is 18.2 Å². The Balaban J connectivity index is 1.52.